The lowest BCUT2D eigenvalue weighted by Gasteiger charge is -2.42. The highest BCUT2D eigenvalue weighted by atomic mass is 19.3. The van der Waals surface area contributed by atoms with E-state index in [0.717, 1.165) is 73.9 Å². The molecule has 8 rings (SSSR count). The fraction of sp³-hybridized carbons (Fsp3) is 0.512. The average Bonchev–Trinajstić information content (AvgIpc) is 3.97. The molecule has 330 valence electrons. The lowest BCUT2D eigenvalue weighted by molar-refractivity contribution is -0.138. The number of piperidine rings is 1. The zero-order valence-corrected chi connectivity index (χ0v) is 34.8. The zero-order valence-electron chi connectivity index (χ0n) is 34.8. The SMILES string of the molecule is Cn1c(=O)n(C2CCC(=O)NC2=O)c2ccc(CCCCOCCCCNCc3ccccc3C3(N4CC(C(N)=O)(C(F)F)C5N=C(N6CCNCC6)C=CN54)C=NN=C3)cc21. The highest BCUT2D eigenvalue weighted by Gasteiger charge is 2.65. The predicted octanol–water partition coefficient (Wildman–Crippen LogP) is 1.92. The quantitative estimate of drug-likeness (QED) is 0.115. The van der Waals surface area contributed by atoms with Crippen molar-refractivity contribution >= 4 is 47.0 Å². The first-order valence-electron chi connectivity index (χ1n) is 21.4. The Morgan fingerprint density at radius 3 is 2.52 bits per heavy atom. The number of hydrogen-bond donors (Lipinski definition) is 4. The van der Waals surface area contributed by atoms with Crippen LogP contribution < -0.4 is 27.4 Å². The largest absolute Gasteiger partial charge is 0.381 e. The van der Waals surface area contributed by atoms with Crippen molar-refractivity contribution in [3.8, 4) is 0 Å². The number of primary amides is 1. The molecule has 3 saturated heterocycles. The van der Waals surface area contributed by atoms with Gasteiger partial charge >= 0.3 is 5.69 Å². The second-order valence-electron chi connectivity index (χ2n) is 16.5. The number of nitrogens with zero attached hydrogens (tertiary/aromatic N) is 8. The van der Waals surface area contributed by atoms with E-state index >= 15 is 8.78 Å². The minimum Gasteiger partial charge on any atom is -0.381 e. The first kappa shape index (κ1) is 43.0. The highest BCUT2D eigenvalue weighted by Crippen LogP contribution is 2.48. The third kappa shape index (κ3) is 8.09. The van der Waals surface area contributed by atoms with Gasteiger partial charge in [0.25, 0.3) is 6.43 Å². The van der Waals surface area contributed by atoms with Gasteiger partial charge in [0, 0.05) is 72.2 Å². The number of fused-ring (bicyclic) bond motifs is 2. The Bertz CT molecular complexity index is 2340. The normalized spacial score (nSPS) is 23.5. The van der Waals surface area contributed by atoms with Crippen LogP contribution in [-0.4, -0.2) is 125 Å². The summed E-state index contributed by atoms with van der Waals surface area (Å²) in [5, 5.41) is 20.9. The number of aryl methyl sites for hydroxylation is 2. The molecule has 3 fully saturated rings. The molecule has 5 aliphatic rings. The van der Waals surface area contributed by atoms with Crippen LogP contribution in [-0.2, 0) is 44.7 Å². The molecule has 0 aliphatic carbocycles. The van der Waals surface area contributed by atoms with E-state index in [0.29, 0.717) is 50.6 Å². The summed E-state index contributed by atoms with van der Waals surface area (Å²) in [7, 11) is 1.70. The van der Waals surface area contributed by atoms with Crippen molar-refractivity contribution in [3.05, 3.63) is 81.9 Å². The number of nitrogens with one attached hydrogen (secondary N) is 3. The van der Waals surface area contributed by atoms with Gasteiger partial charge in [-0.15, -0.1) is 0 Å². The number of nitrogens with two attached hydrogens (primary N) is 1. The van der Waals surface area contributed by atoms with Gasteiger partial charge in [-0.2, -0.15) is 15.2 Å². The van der Waals surface area contributed by atoms with Crippen molar-refractivity contribution in [2.75, 3.05) is 52.5 Å². The van der Waals surface area contributed by atoms with E-state index in [-0.39, 0.29) is 18.0 Å². The number of aromatic nitrogens is 2. The van der Waals surface area contributed by atoms with Crippen molar-refractivity contribution < 1.29 is 27.9 Å². The molecule has 17 nitrogen and oxygen atoms in total. The highest BCUT2D eigenvalue weighted by molar-refractivity contribution is 6.01. The number of hydrogen-bond acceptors (Lipinski definition) is 13. The molecule has 2 aromatic carbocycles. The van der Waals surface area contributed by atoms with Crippen molar-refractivity contribution in [2.24, 2.45) is 33.4 Å². The van der Waals surface area contributed by atoms with Crippen LogP contribution in [0.15, 0.2) is 74.7 Å². The van der Waals surface area contributed by atoms with E-state index < -0.39 is 47.9 Å². The molecule has 0 saturated carbocycles. The fourth-order valence-electron chi connectivity index (χ4n) is 9.18. The number of amides is 3. The summed E-state index contributed by atoms with van der Waals surface area (Å²) in [6.07, 6.45) is 7.26. The molecule has 0 spiro atoms. The first-order valence-corrected chi connectivity index (χ1v) is 21.4. The second-order valence-corrected chi connectivity index (χ2v) is 16.5. The maximum atomic E-state index is 15.2. The second kappa shape index (κ2) is 18.4. The van der Waals surface area contributed by atoms with Gasteiger partial charge in [-0.05, 0) is 80.0 Å². The average molecular weight is 857 g/mol. The number of carbonyl (C=O) groups is 3. The summed E-state index contributed by atoms with van der Waals surface area (Å²) in [6, 6.07) is 12.9. The third-order valence-electron chi connectivity index (χ3n) is 12.7. The summed E-state index contributed by atoms with van der Waals surface area (Å²) in [5.74, 6) is -1.34. The maximum absolute atomic E-state index is 15.2. The fourth-order valence-corrected chi connectivity index (χ4v) is 9.18. The molecule has 0 radical (unpaired) electrons. The molecule has 0 bridgehead atoms. The summed E-state index contributed by atoms with van der Waals surface area (Å²) in [6.45, 7) is 4.88. The number of unbranched alkanes of at least 4 members (excludes halogenated alkanes) is 2. The number of piperazine rings is 1. The molecule has 19 heteroatoms. The van der Waals surface area contributed by atoms with Crippen molar-refractivity contribution in [1.82, 2.24) is 40.0 Å². The molecule has 6 heterocycles. The standard InChI is InChI=1S/C43H54F2N12O5/c1-53-34-24-29(11-12-32(34)57(41(53)61)33-13-14-36(58)52-37(33)59)8-4-6-22-62-23-7-5-16-48-25-30-9-2-3-10-31(30)42(26-49-50-27-42)56-28-43(38(44)45,39(46)60)40-51-35(15-19-55(40)56)54-20-17-47-18-21-54/h2-3,9-12,15,19,24,26-27,33,38,40,47-48H,4-8,13-14,16-18,20-23,25,28H2,1H3,(H2,46,60)(H,52,58,59). The summed E-state index contributed by atoms with van der Waals surface area (Å²) in [4.78, 5) is 57.1. The molecule has 1 aromatic heterocycles. The Hall–Kier alpha value is -5.63. The van der Waals surface area contributed by atoms with Crippen molar-refractivity contribution in [1.29, 1.82) is 0 Å². The van der Waals surface area contributed by atoms with Crippen molar-refractivity contribution in [3.63, 3.8) is 0 Å². The molecular formula is C43H54F2N12O5. The number of imidazole rings is 1. The van der Waals surface area contributed by atoms with E-state index in [1.54, 1.807) is 46.3 Å². The topological polar surface area (TPSA) is 196 Å². The van der Waals surface area contributed by atoms with Crippen LogP contribution in [0.25, 0.3) is 11.0 Å². The van der Waals surface area contributed by atoms with E-state index in [1.165, 1.54) is 4.57 Å². The lowest BCUT2D eigenvalue weighted by atomic mass is 9.83. The molecule has 62 heavy (non-hydrogen) atoms. The summed E-state index contributed by atoms with van der Waals surface area (Å²) < 4.78 is 39.5. The number of amidine groups is 1. The number of aliphatic imine (C=N–C) groups is 1. The molecule has 3 unspecified atom stereocenters. The van der Waals surface area contributed by atoms with Crippen LogP contribution in [0.5, 0.6) is 0 Å². The Kier molecular flexibility index (Phi) is 12.8. The summed E-state index contributed by atoms with van der Waals surface area (Å²) >= 11 is 0. The van der Waals surface area contributed by atoms with Crippen LogP contribution in [0.3, 0.4) is 0 Å². The monoisotopic (exact) mass is 856 g/mol. The number of ether oxygens (including phenoxy) is 1. The van der Waals surface area contributed by atoms with Crippen molar-refractivity contribution in [2.45, 2.75) is 75.7 Å². The maximum Gasteiger partial charge on any atom is 0.329 e. The predicted molar refractivity (Wildman–Crippen MR) is 229 cm³/mol. The summed E-state index contributed by atoms with van der Waals surface area (Å²) in [5.41, 5.74) is 6.33. The smallest absolute Gasteiger partial charge is 0.329 e. The van der Waals surface area contributed by atoms with E-state index in [1.807, 2.05) is 47.4 Å². The number of imide groups is 1. The minimum atomic E-state index is -3.08. The van der Waals surface area contributed by atoms with E-state index in [2.05, 4.69) is 26.2 Å². The number of benzene rings is 2. The first-order chi connectivity index (χ1) is 30.0. The van der Waals surface area contributed by atoms with Gasteiger partial charge in [0.05, 0.1) is 23.5 Å². The van der Waals surface area contributed by atoms with Crippen LogP contribution in [0.2, 0.25) is 0 Å². The molecule has 3 amide bonds. The molecule has 3 aromatic rings. The Morgan fingerprint density at radius 1 is 1.02 bits per heavy atom. The molecule has 5 N–H and O–H groups in total. The van der Waals surface area contributed by atoms with Crippen LogP contribution in [0.4, 0.5) is 8.78 Å². The number of rotatable bonds is 17. The van der Waals surface area contributed by atoms with Crippen LogP contribution in [0.1, 0.15) is 61.3 Å². The Labute approximate surface area is 357 Å². The van der Waals surface area contributed by atoms with E-state index in [4.69, 9.17) is 15.5 Å². The van der Waals surface area contributed by atoms with Gasteiger partial charge in [-0.1, -0.05) is 30.3 Å². The Morgan fingerprint density at radius 2 is 1.77 bits per heavy atom. The van der Waals surface area contributed by atoms with Gasteiger partial charge in [-0.25, -0.2) is 18.6 Å². The van der Waals surface area contributed by atoms with Gasteiger partial charge in [0.15, 0.2) is 11.6 Å². The number of alkyl halides is 2. The molecular weight excluding hydrogens is 803 g/mol. The van der Waals surface area contributed by atoms with Gasteiger partial charge in [-0.3, -0.25) is 33.8 Å². The number of halogens is 2. The molecule has 3 atom stereocenters. The van der Waals surface area contributed by atoms with Gasteiger partial charge < -0.3 is 26.0 Å². The van der Waals surface area contributed by atoms with Gasteiger partial charge in [0.1, 0.15) is 17.4 Å². The van der Waals surface area contributed by atoms with E-state index in [9.17, 15) is 19.2 Å². The van der Waals surface area contributed by atoms with Crippen LogP contribution >= 0.6 is 0 Å². The van der Waals surface area contributed by atoms with Gasteiger partial charge in [0.2, 0.25) is 17.7 Å². The number of hydrazine groups is 1. The zero-order chi connectivity index (χ0) is 43.4. The lowest BCUT2D eigenvalue weighted by Crippen LogP contribution is -2.55. The third-order valence-corrected chi connectivity index (χ3v) is 12.7. The number of carbonyl (C=O) groups excluding carboxylic acids is 3. The molecule has 5 aliphatic heterocycles. The Balaban J connectivity index is 0.818. The minimum absolute atomic E-state index is 0.199. The van der Waals surface area contributed by atoms with Crippen LogP contribution in [0, 0.1) is 5.41 Å².